The summed E-state index contributed by atoms with van der Waals surface area (Å²) < 4.78 is 4.65. The van der Waals surface area contributed by atoms with Gasteiger partial charge in [0.1, 0.15) is 0 Å². The van der Waals surface area contributed by atoms with E-state index in [2.05, 4.69) is 46.2 Å². The average molecular weight is 284 g/mol. The standard InChI is InChI=1S/C17H20N2O2/c1-3-13-6-4-5-7-14(13)10-18-12-16-9-8-15(11-19-16)17(20)21-2/h4-9,11,18H,3,10,12H2,1-2H3. The Labute approximate surface area is 125 Å². The fourth-order valence-electron chi connectivity index (χ4n) is 2.17. The summed E-state index contributed by atoms with van der Waals surface area (Å²) in [6.07, 6.45) is 2.58. The van der Waals surface area contributed by atoms with Crippen molar-refractivity contribution >= 4 is 5.97 Å². The van der Waals surface area contributed by atoms with Gasteiger partial charge >= 0.3 is 5.97 Å². The Hall–Kier alpha value is -2.20. The van der Waals surface area contributed by atoms with E-state index < -0.39 is 0 Å². The quantitative estimate of drug-likeness (QED) is 0.829. The molecular weight excluding hydrogens is 264 g/mol. The monoisotopic (exact) mass is 284 g/mol. The zero-order valence-corrected chi connectivity index (χ0v) is 12.4. The van der Waals surface area contributed by atoms with Gasteiger partial charge in [-0.2, -0.15) is 0 Å². The van der Waals surface area contributed by atoms with Crippen LogP contribution in [0.5, 0.6) is 0 Å². The molecule has 0 aliphatic rings. The van der Waals surface area contributed by atoms with Gasteiger partial charge in [-0.05, 0) is 29.7 Å². The predicted molar refractivity (Wildman–Crippen MR) is 81.9 cm³/mol. The Balaban J connectivity index is 1.90. The Morgan fingerprint density at radius 1 is 1.14 bits per heavy atom. The van der Waals surface area contributed by atoms with E-state index in [0.717, 1.165) is 18.7 Å². The number of methoxy groups -OCH3 is 1. The highest BCUT2D eigenvalue weighted by atomic mass is 16.5. The number of hydrogen-bond acceptors (Lipinski definition) is 4. The number of aryl methyl sites for hydroxylation is 1. The highest BCUT2D eigenvalue weighted by Crippen LogP contribution is 2.09. The number of ether oxygens (including phenoxy) is 1. The third kappa shape index (κ3) is 4.13. The zero-order valence-electron chi connectivity index (χ0n) is 12.4. The van der Waals surface area contributed by atoms with Crippen LogP contribution in [0.3, 0.4) is 0 Å². The maximum absolute atomic E-state index is 11.3. The summed E-state index contributed by atoms with van der Waals surface area (Å²) in [6.45, 7) is 3.63. The van der Waals surface area contributed by atoms with Gasteiger partial charge in [-0.15, -0.1) is 0 Å². The number of nitrogens with zero attached hydrogens (tertiary/aromatic N) is 1. The summed E-state index contributed by atoms with van der Waals surface area (Å²) in [5.74, 6) is -0.362. The lowest BCUT2D eigenvalue weighted by molar-refractivity contribution is 0.0600. The molecular formula is C17H20N2O2. The van der Waals surface area contributed by atoms with Crippen LogP contribution in [-0.2, 0) is 24.2 Å². The van der Waals surface area contributed by atoms with Crippen LogP contribution in [0, 0.1) is 0 Å². The normalized spacial score (nSPS) is 10.4. The number of aromatic nitrogens is 1. The minimum Gasteiger partial charge on any atom is -0.465 e. The van der Waals surface area contributed by atoms with Gasteiger partial charge < -0.3 is 10.1 Å². The van der Waals surface area contributed by atoms with Crippen LogP contribution < -0.4 is 5.32 Å². The topological polar surface area (TPSA) is 51.2 Å². The maximum Gasteiger partial charge on any atom is 0.339 e. The van der Waals surface area contributed by atoms with Gasteiger partial charge in [0.2, 0.25) is 0 Å². The first kappa shape index (κ1) is 15.2. The molecule has 21 heavy (non-hydrogen) atoms. The first-order valence-electron chi connectivity index (χ1n) is 7.05. The second-order valence-corrected chi connectivity index (χ2v) is 4.76. The molecule has 0 spiro atoms. The van der Waals surface area contributed by atoms with E-state index in [1.807, 2.05) is 6.07 Å². The van der Waals surface area contributed by atoms with E-state index in [1.54, 1.807) is 12.3 Å². The Morgan fingerprint density at radius 3 is 2.52 bits per heavy atom. The van der Waals surface area contributed by atoms with Gasteiger partial charge in [0, 0.05) is 19.3 Å². The molecule has 0 bridgehead atoms. The first-order valence-corrected chi connectivity index (χ1v) is 7.05. The number of hydrogen-bond donors (Lipinski definition) is 1. The lowest BCUT2D eigenvalue weighted by Gasteiger charge is -2.09. The smallest absolute Gasteiger partial charge is 0.339 e. The molecule has 0 aliphatic carbocycles. The van der Waals surface area contributed by atoms with Crippen molar-refractivity contribution < 1.29 is 9.53 Å². The van der Waals surface area contributed by atoms with Gasteiger partial charge in [-0.1, -0.05) is 31.2 Å². The molecule has 0 saturated carbocycles. The van der Waals surface area contributed by atoms with Crippen molar-refractivity contribution in [1.29, 1.82) is 0 Å². The summed E-state index contributed by atoms with van der Waals surface area (Å²) in [5, 5.41) is 3.38. The molecule has 0 radical (unpaired) electrons. The number of esters is 1. The largest absolute Gasteiger partial charge is 0.465 e. The van der Waals surface area contributed by atoms with Crippen molar-refractivity contribution in [3.8, 4) is 0 Å². The summed E-state index contributed by atoms with van der Waals surface area (Å²) in [7, 11) is 1.36. The van der Waals surface area contributed by atoms with Crippen LogP contribution in [0.4, 0.5) is 0 Å². The van der Waals surface area contributed by atoms with Crippen LogP contribution >= 0.6 is 0 Å². The molecule has 0 saturated heterocycles. The van der Waals surface area contributed by atoms with Gasteiger partial charge in [0.25, 0.3) is 0 Å². The third-order valence-corrected chi connectivity index (χ3v) is 3.37. The second-order valence-electron chi connectivity index (χ2n) is 4.76. The molecule has 0 atom stereocenters. The van der Waals surface area contributed by atoms with E-state index in [1.165, 1.54) is 18.2 Å². The number of carbonyl (C=O) groups is 1. The van der Waals surface area contributed by atoms with Crippen molar-refractivity contribution in [3.63, 3.8) is 0 Å². The Bertz CT molecular complexity index is 594. The zero-order chi connectivity index (χ0) is 15.1. The number of nitrogens with one attached hydrogen (secondary N) is 1. The molecule has 4 nitrogen and oxygen atoms in total. The van der Waals surface area contributed by atoms with Gasteiger partial charge in [-0.25, -0.2) is 4.79 Å². The average Bonchev–Trinajstić information content (AvgIpc) is 2.55. The summed E-state index contributed by atoms with van der Waals surface area (Å²) in [6, 6.07) is 12.0. The first-order chi connectivity index (χ1) is 10.2. The molecule has 110 valence electrons. The van der Waals surface area contributed by atoms with E-state index in [4.69, 9.17) is 0 Å². The predicted octanol–water partition coefficient (Wildman–Crippen LogP) is 2.72. The van der Waals surface area contributed by atoms with Crippen molar-refractivity contribution in [2.75, 3.05) is 7.11 Å². The van der Waals surface area contributed by atoms with Crippen LogP contribution in [0.2, 0.25) is 0 Å². The number of benzene rings is 1. The summed E-state index contributed by atoms with van der Waals surface area (Å²) >= 11 is 0. The number of rotatable bonds is 6. The molecule has 0 amide bonds. The van der Waals surface area contributed by atoms with Crippen molar-refractivity contribution in [2.45, 2.75) is 26.4 Å². The van der Waals surface area contributed by atoms with Crippen LogP contribution in [0.25, 0.3) is 0 Å². The van der Waals surface area contributed by atoms with E-state index >= 15 is 0 Å². The lowest BCUT2D eigenvalue weighted by Crippen LogP contribution is -2.15. The van der Waals surface area contributed by atoms with E-state index in [9.17, 15) is 4.79 Å². The molecule has 0 aliphatic heterocycles. The molecule has 2 aromatic rings. The fraction of sp³-hybridized carbons (Fsp3) is 0.294. The summed E-state index contributed by atoms with van der Waals surface area (Å²) in [5.41, 5.74) is 4.04. The Morgan fingerprint density at radius 2 is 1.90 bits per heavy atom. The summed E-state index contributed by atoms with van der Waals surface area (Å²) in [4.78, 5) is 15.6. The third-order valence-electron chi connectivity index (χ3n) is 3.37. The lowest BCUT2D eigenvalue weighted by atomic mass is 10.1. The molecule has 1 aromatic carbocycles. The number of carbonyl (C=O) groups excluding carboxylic acids is 1. The van der Waals surface area contributed by atoms with Crippen LogP contribution in [0.15, 0.2) is 42.6 Å². The molecule has 0 unspecified atom stereocenters. The minimum absolute atomic E-state index is 0.362. The molecule has 4 heteroatoms. The minimum atomic E-state index is -0.362. The highest BCUT2D eigenvalue weighted by molar-refractivity contribution is 5.88. The molecule has 2 rings (SSSR count). The van der Waals surface area contributed by atoms with Gasteiger partial charge in [0.15, 0.2) is 0 Å². The van der Waals surface area contributed by atoms with E-state index in [0.29, 0.717) is 12.1 Å². The molecule has 0 fully saturated rings. The van der Waals surface area contributed by atoms with E-state index in [-0.39, 0.29) is 5.97 Å². The second kappa shape index (κ2) is 7.55. The van der Waals surface area contributed by atoms with Crippen molar-refractivity contribution in [3.05, 3.63) is 65.0 Å². The maximum atomic E-state index is 11.3. The van der Waals surface area contributed by atoms with Crippen LogP contribution in [-0.4, -0.2) is 18.1 Å². The van der Waals surface area contributed by atoms with Gasteiger partial charge in [-0.3, -0.25) is 4.98 Å². The fourth-order valence-corrected chi connectivity index (χ4v) is 2.17. The molecule has 1 heterocycles. The SMILES string of the molecule is CCc1ccccc1CNCc1ccc(C(=O)OC)cn1. The molecule has 1 N–H and O–H groups in total. The van der Waals surface area contributed by atoms with Crippen LogP contribution in [0.1, 0.15) is 34.1 Å². The van der Waals surface area contributed by atoms with Gasteiger partial charge in [0.05, 0.1) is 18.4 Å². The molecule has 1 aromatic heterocycles. The van der Waals surface area contributed by atoms with Crippen molar-refractivity contribution in [2.24, 2.45) is 0 Å². The highest BCUT2D eigenvalue weighted by Gasteiger charge is 2.05. The Kier molecular flexibility index (Phi) is 5.46. The number of pyridine rings is 1. The van der Waals surface area contributed by atoms with Crippen molar-refractivity contribution in [1.82, 2.24) is 10.3 Å².